The highest BCUT2D eigenvalue weighted by molar-refractivity contribution is 9.11. The lowest BCUT2D eigenvalue weighted by atomic mass is 10.3. The van der Waals surface area contributed by atoms with Gasteiger partial charge in [-0.15, -0.1) is 11.3 Å². The lowest BCUT2D eigenvalue weighted by Crippen LogP contribution is -2.25. The first-order valence-electron chi connectivity index (χ1n) is 5.49. The number of thiophene rings is 1. The Morgan fingerprint density at radius 3 is 2.89 bits per heavy atom. The van der Waals surface area contributed by atoms with Crippen LogP contribution in [-0.2, 0) is 13.6 Å². The first-order valence-corrected chi connectivity index (χ1v) is 7.10. The maximum Gasteiger partial charge on any atom is 0.186 e. The lowest BCUT2D eigenvalue weighted by molar-refractivity contribution is 0.0947. The largest absolute Gasteiger partial charge is 0.294 e. The van der Waals surface area contributed by atoms with Gasteiger partial charge in [-0.2, -0.15) is 5.10 Å². The zero-order chi connectivity index (χ0) is 13.1. The molecule has 0 saturated heterocycles. The number of carbonyl (C=O) groups is 1. The molecule has 0 aromatic carbocycles. The fourth-order valence-corrected chi connectivity index (χ4v) is 3.02. The summed E-state index contributed by atoms with van der Waals surface area (Å²) in [6.45, 7) is 1.15. The molecule has 2 rings (SSSR count). The third-order valence-electron chi connectivity index (χ3n) is 2.47. The Kier molecular flexibility index (Phi) is 4.31. The van der Waals surface area contributed by atoms with Gasteiger partial charge in [-0.1, -0.05) is 0 Å². The van der Waals surface area contributed by atoms with E-state index in [4.69, 9.17) is 0 Å². The Morgan fingerprint density at radius 1 is 1.56 bits per heavy atom. The first kappa shape index (κ1) is 13.5. The van der Waals surface area contributed by atoms with E-state index in [2.05, 4.69) is 21.0 Å². The number of halogens is 1. The SMILES string of the molecule is CN(CC(=O)c1ccc(Br)s1)Cc1cnn(C)c1. The molecule has 18 heavy (non-hydrogen) atoms. The molecular weight excluding hydrogens is 314 g/mol. The number of hydrogen-bond acceptors (Lipinski definition) is 4. The second kappa shape index (κ2) is 5.77. The molecule has 0 aliphatic carbocycles. The molecule has 0 unspecified atom stereocenters. The molecule has 0 radical (unpaired) electrons. The standard InChI is InChI=1S/C12H14BrN3OS/c1-15(6-9-5-14-16(2)7-9)8-10(17)11-3-4-12(13)18-11/h3-5,7H,6,8H2,1-2H3. The predicted molar refractivity (Wildman–Crippen MR) is 75.9 cm³/mol. The number of likely N-dealkylation sites (N-methyl/N-ethyl adjacent to an activating group) is 1. The number of aryl methyl sites for hydroxylation is 1. The van der Waals surface area contributed by atoms with Gasteiger partial charge in [0.25, 0.3) is 0 Å². The molecule has 0 aliphatic heterocycles. The molecule has 0 bridgehead atoms. The van der Waals surface area contributed by atoms with Crippen LogP contribution in [0.2, 0.25) is 0 Å². The third kappa shape index (κ3) is 3.51. The number of ketones is 1. The second-order valence-electron chi connectivity index (χ2n) is 4.22. The zero-order valence-corrected chi connectivity index (χ0v) is 12.7. The number of aromatic nitrogens is 2. The summed E-state index contributed by atoms with van der Waals surface area (Å²) < 4.78 is 2.75. The first-order chi connectivity index (χ1) is 8.54. The molecular formula is C12H14BrN3OS. The Hall–Kier alpha value is -0.980. The van der Waals surface area contributed by atoms with Crippen LogP contribution < -0.4 is 0 Å². The van der Waals surface area contributed by atoms with E-state index in [9.17, 15) is 4.79 Å². The van der Waals surface area contributed by atoms with Gasteiger partial charge in [0.05, 0.1) is 21.4 Å². The second-order valence-corrected chi connectivity index (χ2v) is 6.68. The summed E-state index contributed by atoms with van der Waals surface area (Å²) in [5.74, 6) is 0.150. The summed E-state index contributed by atoms with van der Waals surface area (Å²) in [4.78, 5) is 14.8. The highest BCUT2D eigenvalue weighted by Crippen LogP contribution is 2.22. The monoisotopic (exact) mass is 327 g/mol. The Bertz CT molecular complexity index is 549. The van der Waals surface area contributed by atoms with Gasteiger partial charge in [-0.3, -0.25) is 14.4 Å². The van der Waals surface area contributed by atoms with Crippen molar-refractivity contribution in [3.63, 3.8) is 0 Å². The van der Waals surface area contributed by atoms with Gasteiger partial charge in [-0.25, -0.2) is 0 Å². The normalized spacial score (nSPS) is 11.1. The van der Waals surface area contributed by atoms with Crippen molar-refractivity contribution in [3.05, 3.63) is 38.8 Å². The van der Waals surface area contributed by atoms with Crippen LogP contribution in [-0.4, -0.2) is 34.1 Å². The van der Waals surface area contributed by atoms with Crippen molar-refractivity contribution in [1.82, 2.24) is 14.7 Å². The van der Waals surface area contributed by atoms with Crippen molar-refractivity contribution in [2.75, 3.05) is 13.6 Å². The van der Waals surface area contributed by atoms with E-state index in [0.717, 1.165) is 20.8 Å². The van der Waals surface area contributed by atoms with E-state index < -0.39 is 0 Å². The van der Waals surface area contributed by atoms with E-state index in [0.29, 0.717) is 6.54 Å². The molecule has 6 heteroatoms. The number of nitrogens with zero attached hydrogens (tertiary/aromatic N) is 3. The van der Waals surface area contributed by atoms with Crippen LogP contribution in [0.5, 0.6) is 0 Å². The number of Topliss-reactive ketones (excluding diaryl/α,β-unsaturated/α-hetero) is 1. The predicted octanol–water partition coefficient (Wildman–Crippen LogP) is 2.56. The van der Waals surface area contributed by atoms with Crippen molar-refractivity contribution in [2.45, 2.75) is 6.54 Å². The number of hydrogen-bond donors (Lipinski definition) is 0. The highest BCUT2D eigenvalue weighted by Gasteiger charge is 2.12. The van der Waals surface area contributed by atoms with Gasteiger partial charge in [0.1, 0.15) is 0 Å². The molecule has 2 heterocycles. The summed E-state index contributed by atoms with van der Waals surface area (Å²) in [5, 5.41) is 4.11. The molecule has 96 valence electrons. The maximum absolute atomic E-state index is 12.0. The number of carbonyl (C=O) groups excluding carboxylic acids is 1. The van der Waals surface area contributed by atoms with Crippen molar-refractivity contribution in [3.8, 4) is 0 Å². The Balaban J connectivity index is 1.91. The van der Waals surface area contributed by atoms with Crippen LogP contribution in [0.3, 0.4) is 0 Å². The molecule has 0 fully saturated rings. The van der Waals surface area contributed by atoms with Gasteiger partial charge >= 0.3 is 0 Å². The van der Waals surface area contributed by atoms with Crippen LogP contribution in [0.4, 0.5) is 0 Å². The van der Waals surface area contributed by atoms with Crippen LogP contribution in [0.1, 0.15) is 15.2 Å². The topological polar surface area (TPSA) is 38.1 Å². The van der Waals surface area contributed by atoms with Crippen molar-refractivity contribution in [2.24, 2.45) is 7.05 Å². The van der Waals surface area contributed by atoms with E-state index in [1.807, 2.05) is 43.5 Å². The summed E-state index contributed by atoms with van der Waals surface area (Å²) in [6.07, 6.45) is 3.78. The maximum atomic E-state index is 12.0. The molecule has 2 aromatic heterocycles. The van der Waals surface area contributed by atoms with Crippen LogP contribution >= 0.6 is 27.3 Å². The molecule has 0 amide bonds. The minimum atomic E-state index is 0.150. The zero-order valence-electron chi connectivity index (χ0n) is 10.3. The van der Waals surface area contributed by atoms with E-state index in [1.165, 1.54) is 11.3 Å². The molecule has 4 nitrogen and oxygen atoms in total. The summed E-state index contributed by atoms with van der Waals surface area (Å²) >= 11 is 4.84. The lowest BCUT2D eigenvalue weighted by Gasteiger charge is -2.13. The summed E-state index contributed by atoms with van der Waals surface area (Å²) in [6, 6.07) is 3.76. The summed E-state index contributed by atoms with van der Waals surface area (Å²) in [5.41, 5.74) is 1.11. The van der Waals surface area contributed by atoms with Crippen LogP contribution in [0.25, 0.3) is 0 Å². The van der Waals surface area contributed by atoms with E-state index in [-0.39, 0.29) is 5.78 Å². The van der Waals surface area contributed by atoms with E-state index >= 15 is 0 Å². The Morgan fingerprint density at radius 2 is 2.33 bits per heavy atom. The molecule has 0 spiro atoms. The molecule has 0 N–H and O–H groups in total. The fraction of sp³-hybridized carbons (Fsp3) is 0.333. The fourth-order valence-electron chi connectivity index (χ4n) is 1.71. The van der Waals surface area contributed by atoms with Gasteiger partial charge in [-0.05, 0) is 35.1 Å². The van der Waals surface area contributed by atoms with Gasteiger partial charge < -0.3 is 0 Å². The molecule has 0 saturated carbocycles. The Labute approximate surface area is 118 Å². The van der Waals surface area contributed by atoms with Gasteiger partial charge in [0.2, 0.25) is 0 Å². The van der Waals surface area contributed by atoms with Crippen LogP contribution in [0, 0.1) is 0 Å². The quantitative estimate of drug-likeness (QED) is 0.792. The van der Waals surface area contributed by atoms with Gasteiger partial charge in [0.15, 0.2) is 5.78 Å². The average molecular weight is 328 g/mol. The van der Waals surface area contributed by atoms with Gasteiger partial charge in [0, 0.05) is 25.4 Å². The highest BCUT2D eigenvalue weighted by atomic mass is 79.9. The smallest absolute Gasteiger partial charge is 0.186 e. The minimum absolute atomic E-state index is 0.150. The van der Waals surface area contributed by atoms with E-state index in [1.54, 1.807) is 4.68 Å². The molecule has 2 aromatic rings. The van der Waals surface area contributed by atoms with Crippen molar-refractivity contribution in [1.29, 1.82) is 0 Å². The van der Waals surface area contributed by atoms with Crippen LogP contribution in [0.15, 0.2) is 28.3 Å². The molecule has 0 atom stereocenters. The third-order valence-corrected chi connectivity index (χ3v) is 4.14. The minimum Gasteiger partial charge on any atom is -0.294 e. The number of rotatable bonds is 5. The van der Waals surface area contributed by atoms with Crippen molar-refractivity contribution < 1.29 is 4.79 Å². The summed E-state index contributed by atoms with van der Waals surface area (Å²) in [7, 11) is 3.82. The van der Waals surface area contributed by atoms with Crippen molar-refractivity contribution >= 4 is 33.0 Å². The molecule has 0 aliphatic rings. The average Bonchev–Trinajstić information content (AvgIpc) is 2.87.